The number of hydrogen-bond donors (Lipinski definition) is 0. The number of carbonyl (C=O) groups excluding carboxylic acids is 3. The van der Waals surface area contributed by atoms with Crippen LogP contribution in [-0.4, -0.2) is 37.5 Å². The molecule has 0 aliphatic carbocycles. The van der Waals surface area contributed by atoms with E-state index in [1.165, 1.54) is 7.11 Å². The van der Waals surface area contributed by atoms with E-state index in [1.54, 1.807) is 44.2 Å². The highest BCUT2D eigenvalue weighted by molar-refractivity contribution is 5.90. The third-order valence-electron chi connectivity index (χ3n) is 4.77. The van der Waals surface area contributed by atoms with Gasteiger partial charge < -0.3 is 14.2 Å². The summed E-state index contributed by atoms with van der Waals surface area (Å²) in [4.78, 5) is 36.2. The zero-order chi connectivity index (χ0) is 21.2. The highest BCUT2D eigenvalue weighted by Gasteiger charge is 2.36. The van der Waals surface area contributed by atoms with E-state index in [0.29, 0.717) is 11.8 Å². The Morgan fingerprint density at radius 3 is 2.10 bits per heavy atom. The fourth-order valence-corrected chi connectivity index (χ4v) is 3.05. The largest absolute Gasteiger partial charge is 0.469 e. The summed E-state index contributed by atoms with van der Waals surface area (Å²) in [5.41, 5.74) is 1.26. The summed E-state index contributed by atoms with van der Waals surface area (Å²) in [7, 11) is 1.30. The second-order valence-corrected chi connectivity index (χ2v) is 6.80. The Bertz CT molecular complexity index is 790. The van der Waals surface area contributed by atoms with Crippen molar-refractivity contribution >= 4 is 18.2 Å². The number of rotatable bonds is 10. The van der Waals surface area contributed by atoms with Crippen LogP contribution >= 0.6 is 0 Å². The number of aldehydes is 1. The van der Waals surface area contributed by atoms with Crippen LogP contribution in [0.4, 0.5) is 0 Å². The molecule has 2 aromatic rings. The molecule has 4 atom stereocenters. The van der Waals surface area contributed by atoms with Gasteiger partial charge in [-0.05, 0) is 24.6 Å². The van der Waals surface area contributed by atoms with E-state index in [9.17, 15) is 14.4 Å². The van der Waals surface area contributed by atoms with Gasteiger partial charge in [-0.1, -0.05) is 55.5 Å². The van der Waals surface area contributed by atoms with Crippen molar-refractivity contribution in [3.05, 3.63) is 71.8 Å². The van der Waals surface area contributed by atoms with Gasteiger partial charge in [-0.3, -0.25) is 9.59 Å². The number of methoxy groups -OCH3 is 1. The Morgan fingerprint density at radius 1 is 0.966 bits per heavy atom. The number of benzene rings is 2. The number of carbonyl (C=O) groups is 3. The van der Waals surface area contributed by atoms with Gasteiger partial charge in [0.15, 0.2) is 12.4 Å². The van der Waals surface area contributed by atoms with E-state index in [1.807, 2.05) is 30.3 Å². The molecule has 0 saturated carbocycles. The molecule has 0 saturated heterocycles. The quantitative estimate of drug-likeness (QED) is 0.451. The molecule has 0 radical (unpaired) electrons. The molecule has 0 aliphatic rings. The Hall–Kier alpha value is -2.99. The summed E-state index contributed by atoms with van der Waals surface area (Å²) in [6.07, 6.45) is -1.20. The molecule has 6 nitrogen and oxygen atoms in total. The third-order valence-corrected chi connectivity index (χ3v) is 4.77. The average molecular weight is 398 g/mol. The monoisotopic (exact) mass is 398 g/mol. The molecule has 2 aromatic carbocycles. The molecule has 6 heteroatoms. The first-order valence-electron chi connectivity index (χ1n) is 9.42. The zero-order valence-electron chi connectivity index (χ0n) is 16.8. The lowest BCUT2D eigenvalue weighted by atomic mass is 9.89. The summed E-state index contributed by atoms with van der Waals surface area (Å²) in [6, 6.07) is 17.9. The SMILES string of the molecule is COC(=O)[C@H](C)[C@@H](OCc1ccccc1)[C@@H](C)[C@@H](C=O)OC(=O)c1ccccc1. The molecule has 154 valence electrons. The lowest BCUT2D eigenvalue weighted by Gasteiger charge is -2.31. The smallest absolute Gasteiger partial charge is 0.338 e. The summed E-state index contributed by atoms with van der Waals surface area (Å²) >= 11 is 0. The minimum atomic E-state index is -1.07. The van der Waals surface area contributed by atoms with Crippen molar-refractivity contribution in [1.29, 1.82) is 0 Å². The van der Waals surface area contributed by atoms with Gasteiger partial charge in [0.2, 0.25) is 0 Å². The molecular weight excluding hydrogens is 372 g/mol. The van der Waals surface area contributed by atoms with Gasteiger partial charge >= 0.3 is 11.9 Å². The molecule has 0 N–H and O–H groups in total. The van der Waals surface area contributed by atoms with E-state index in [0.717, 1.165) is 5.56 Å². The van der Waals surface area contributed by atoms with Gasteiger partial charge in [-0.25, -0.2) is 4.79 Å². The topological polar surface area (TPSA) is 78.9 Å². The predicted molar refractivity (Wildman–Crippen MR) is 107 cm³/mol. The van der Waals surface area contributed by atoms with Gasteiger partial charge in [-0.2, -0.15) is 0 Å². The van der Waals surface area contributed by atoms with E-state index in [2.05, 4.69) is 0 Å². The Kier molecular flexibility index (Phi) is 8.55. The van der Waals surface area contributed by atoms with E-state index >= 15 is 0 Å². The fraction of sp³-hybridized carbons (Fsp3) is 0.348. The first kappa shape index (κ1) is 22.3. The van der Waals surface area contributed by atoms with Crippen molar-refractivity contribution in [2.45, 2.75) is 32.7 Å². The van der Waals surface area contributed by atoms with E-state index < -0.39 is 36.0 Å². The summed E-state index contributed by atoms with van der Waals surface area (Å²) in [5, 5.41) is 0. The van der Waals surface area contributed by atoms with Crippen LogP contribution in [0, 0.1) is 11.8 Å². The van der Waals surface area contributed by atoms with E-state index in [-0.39, 0.29) is 6.61 Å². The average Bonchev–Trinajstić information content (AvgIpc) is 2.77. The highest BCUT2D eigenvalue weighted by Crippen LogP contribution is 2.24. The minimum Gasteiger partial charge on any atom is -0.469 e. The molecule has 0 unspecified atom stereocenters. The van der Waals surface area contributed by atoms with Crippen LogP contribution in [0.15, 0.2) is 60.7 Å². The van der Waals surface area contributed by atoms with Crippen molar-refractivity contribution in [1.82, 2.24) is 0 Å². The normalized spacial score (nSPS) is 14.9. The second-order valence-electron chi connectivity index (χ2n) is 6.80. The first-order chi connectivity index (χ1) is 14.0. The Labute approximate surface area is 170 Å². The summed E-state index contributed by atoms with van der Waals surface area (Å²) < 4.78 is 16.2. The maximum Gasteiger partial charge on any atom is 0.338 e. The van der Waals surface area contributed by atoms with Crippen molar-refractivity contribution in [3.8, 4) is 0 Å². The van der Waals surface area contributed by atoms with E-state index in [4.69, 9.17) is 14.2 Å². The zero-order valence-corrected chi connectivity index (χ0v) is 16.8. The standard InChI is InChI=1S/C23H26O6/c1-16(20(14-24)29-23(26)19-12-8-5-9-13-19)21(17(2)22(25)27-3)28-15-18-10-6-4-7-11-18/h4-14,16-17,20-21H,15H2,1-3H3/t16-,17+,20+,21-/m0/s1. The fourth-order valence-electron chi connectivity index (χ4n) is 3.05. The number of ether oxygens (including phenoxy) is 3. The second kappa shape index (κ2) is 11.1. The van der Waals surface area contributed by atoms with Crippen LogP contribution in [-0.2, 0) is 30.4 Å². The lowest BCUT2D eigenvalue weighted by molar-refractivity contribution is -0.156. The molecule has 0 bridgehead atoms. The Morgan fingerprint density at radius 2 is 1.55 bits per heavy atom. The summed E-state index contributed by atoms with van der Waals surface area (Å²) in [6.45, 7) is 3.63. The summed E-state index contributed by atoms with van der Waals surface area (Å²) in [5.74, 6) is -2.30. The number of esters is 2. The van der Waals surface area contributed by atoms with Crippen LogP contribution in [0.5, 0.6) is 0 Å². The molecule has 0 heterocycles. The third kappa shape index (κ3) is 6.26. The van der Waals surface area contributed by atoms with Crippen molar-refractivity contribution < 1.29 is 28.6 Å². The van der Waals surface area contributed by atoms with Gasteiger partial charge in [0.05, 0.1) is 31.3 Å². The molecule has 2 rings (SSSR count). The van der Waals surface area contributed by atoms with Crippen LogP contribution < -0.4 is 0 Å². The lowest BCUT2D eigenvalue weighted by Crippen LogP contribution is -2.42. The first-order valence-corrected chi connectivity index (χ1v) is 9.42. The Balaban J connectivity index is 2.16. The van der Waals surface area contributed by atoms with Crippen LogP contribution in [0.25, 0.3) is 0 Å². The van der Waals surface area contributed by atoms with Gasteiger partial charge in [0.25, 0.3) is 0 Å². The van der Waals surface area contributed by atoms with Gasteiger partial charge in [0.1, 0.15) is 0 Å². The van der Waals surface area contributed by atoms with Crippen molar-refractivity contribution in [2.24, 2.45) is 11.8 Å². The maximum atomic E-state index is 12.4. The molecular formula is C23H26O6. The van der Waals surface area contributed by atoms with Crippen LogP contribution in [0.1, 0.15) is 29.8 Å². The maximum absolute atomic E-state index is 12.4. The molecule has 29 heavy (non-hydrogen) atoms. The van der Waals surface area contributed by atoms with Crippen molar-refractivity contribution in [3.63, 3.8) is 0 Å². The molecule has 0 aliphatic heterocycles. The van der Waals surface area contributed by atoms with Crippen molar-refractivity contribution in [2.75, 3.05) is 7.11 Å². The minimum absolute atomic E-state index is 0.245. The highest BCUT2D eigenvalue weighted by atomic mass is 16.6. The predicted octanol–water partition coefficient (Wildman–Crippen LogP) is 3.44. The van der Waals surface area contributed by atoms with Crippen LogP contribution in [0.2, 0.25) is 0 Å². The van der Waals surface area contributed by atoms with Gasteiger partial charge in [0, 0.05) is 5.92 Å². The molecule has 0 aromatic heterocycles. The molecule has 0 fully saturated rings. The van der Waals surface area contributed by atoms with Crippen LogP contribution in [0.3, 0.4) is 0 Å². The number of hydrogen-bond acceptors (Lipinski definition) is 6. The van der Waals surface area contributed by atoms with Gasteiger partial charge in [-0.15, -0.1) is 0 Å². The molecule has 0 amide bonds. The molecule has 0 spiro atoms.